The number of ether oxygens (including phenoxy) is 1. The lowest BCUT2D eigenvalue weighted by atomic mass is 9.45. The molecule has 2 N–H and O–H groups in total. The fourth-order valence-electron chi connectivity index (χ4n) is 4.56. The molecule has 0 aliphatic heterocycles. The Balaban J connectivity index is 1.46. The number of anilines is 1. The summed E-state index contributed by atoms with van der Waals surface area (Å²) in [5.74, 6) is 1.39. The summed E-state index contributed by atoms with van der Waals surface area (Å²) in [6.45, 7) is 6.92. The maximum atomic E-state index is 12.2. The van der Waals surface area contributed by atoms with Crippen LogP contribution in [0.1, 0.15) is 33.6 Å². The third kappa shape index (κ3) is 3.91. The molecule has 1 amide bonds. The Morgan fingerprint density at radius 1 is 1.23 bits per heavy atom. The quantitative estimate of drug-likeness (QED) is 0.817. The van der Waals surface area contributed by atoms with Gasteiger partial charge in [-0.05, 0) is 60.3 Å². The standard InChI is InChI=1S/C19H25F3N2O2/c1-11-15-8-12(18(15,2)3)9-16(11)24-17(25)10-23-13-4-6-14(7-5-13)26-19(20,21)22/h4-7,11-12,15-16,23H,8-10H2,1-3H3,(H,24,25)/t11-,12+,15-,16-/m1/s1. The summed E-state index contributed by atoms with van der Waals surface area (Å²) in [5, 5.41) is 6.03. The molecule has 4 nitrogen and oxygen atoms in total. The van der Waals surface area contributed by atoms with E-state index >= 15 is 0 Å². The van der Waals surface area contributed by atoms with Gasteiger partial charge in [0.1, 0.15) is 5.75 Å². The highest BCUT2D eigenvalue weighted by atomic mass is 19.4. The van der Waals surface area contributed by atoms with Gasteiger partial charge in [-0.1, -0.05) is 20.8 Å². The highest BCUT2D eigenvalue weighted by molar-refractivity contribution is 5.81. The number of carbonyl (C=O) groups is 1. The van der Waals surface area contributed by atoms with Crippen molar-refractivity contribution in [1.29, 1.82) is 0 Å². The lowest BCUT2D eigenvalue weighted by Gasteiger charge is -2.62. The summed E-state index contributed by atoms with van der Waals surface area (Å²) in [4.78, 5) is 12.2. The van der Waals surface area contributed by atoms with Gasteiger partial charge in [0, 0.05) is 11.7 Å². The van der Waals surface area contributed by atoms with Crippen molar-refractivity contribution in [3.8, 4) is 5.75 Å². The summed E-state index contributed by atoms with van der Waals surface area (Å²) in [5.41, 5.74) is 0.939. The maximum absolute atomic E-state index is 12.2. The molecular weight excluding hydrogens is 345 g/mol. The average Bonchev–Trinajstić information content (AvgIpc) is 2.54. The van der Waals surface area contributed by atoms with Crippen molar-refractivity contribution < 1.29 is 22.7 Å². The number of fused-ring (bicyclic) bond motifs is 2. The smallest absolute Gasteiger partial charge is 0.406 e. The van der Waals surface area contributed by atoms with E-state index in [9.17, 15) is 18.0 Å². The summed E-state index contributed by atoms with van der Waals surface area (Å²) < 4.78 is 40.2. The largest absolute Gasteiger partial charge is 0.573 e. The lowest BCUT2D eigenvalue weighted by Crippen LogP contribution is -2.61. The van der Waals surface area contributed by atoms with Gasteiger partial charge in [0.25, 0.3) is 0 Å². The van der Waals surface area contributed by atoms with Crippen LogP contribution in [0.5, 0.6) is 5.75 Å². The Hall–Kier alpha value is -1.92. The fraction of sp³-hybridized carbons (Fsp3) is 0.632. The van der Waals surface area contributed by atoms with E-state index in [0.717, 1.165) is 6.42 Å². The zero-order valence-corrected chi connectivity index (χ0v) is 15.2. The van der Waals surface area contributed by atoms with Gasteiger partial charge < -0.3 is 15.4 Å². The van der Waals surface area contributed by atoms with Crippen LogP contribution >= 0.6 is 0 Å². The van der Waals surface area contributed by atoms with Crippen LogP contribution in [0.25, 0.3) is 0 Å². The second-order valence-corrected chi connectivity index (χ2v) is 8.06. The molecule has 3 saturated carbocycles. The molecule has 3 fully saturated rings. The Bertz CT molecular complexity index is 658. The number of nitrogens with one attached hydrogen (secondary N) is 2. The Morgan fingerprint density at radius 3 is 2.42 bits per heavy atom. The second kappa shape index (κ2) is 6.67. The van der Waals surface area contributed by atoms with Gasteiger partial charge in [-0.3, -0.25) is 4.79 Å². The van der Waals surface area contributed by atoms with Gasteiger partial charge in [0.2, 0.25) is 5.91 Å². The van der Waals surface area contributed by atoms with Crippen LogP contribution in [0.2, 0.25) is 0 Å². The third-order valence-electron chi connectivity index (χ3n) is 6.24. The van der Waals surface area contributed by atoms with E-state index < -0.39 is 6.36 Å². The first-order chi connectivity index (χ1) is 12.1. The van der Waals surface area contributed by atoms with Gasteiger partial charge in [-0.2, -0.15) is 0 Å². The molecule has 0 aromatic heterocycles. The summed E-state index contributed by atoms with van der Waals surface area (Å²) in [6, 6.07) is 5.53. The highest BCUT2D eigenvalue weighted by Crippen LogP contribution is 2.61. The van der Waals surface area contributed by atoms with Gasteiger partial charge in [0.05, 0.1) is 6.54 Å². The lowest BCUT2D eigenvalue weighted by molar-refractivity contribution is -0.274. The molecule has 1 aromatic carbocycles. The minimum atomic E-state index is -4.71. The zero-order chi connectivity index (χ0) is 19.1. The topological polar surface area (TPSA) is 50.4 Å². The summed E-state index contributed by atoms with van der Waals surface area (Å²) >= 11 is 0. The van der Waals surface area contributed by atoms with E-state index in [1.807, 2.05) is 0 Å². The molecule has 0 saturated heterocycles. The van der Waals surface area contributed by atoms with Crippen LogP contribution in [-0.2, 0) is 4.79 Å². The number of hydrogen-bond donors (Lipinski definition) is 2. The van der Waals surface area contributed by atoms with Crippen molar-refractivity contribution in [3.63, 3.8) is 0 Å². The highest BCUT2D eigenvalue weighted by Gasteiger charge is 2.56. The van der Waals surface area contributed by atoms with Crippen LogP contribution < -0.4 is 15.4 Å². The molecule has 0 heterocycles. The number of rotatable bonds is 5. The Kier molecular flexibility index (Phi) is 4.84. The number of benzene rings is 1. The van der Waals surface area contributed by atoms with E-state index in [1.54, 1.807) is 0 Å². The third-order valence-corrected chi connectivity index (χ3v) is 6.24. The minimum absolute atomic E-state index is 0.0847. The Morgan fingerprint density at radius 2 is 1.88 bits per heavy atom. The molecular formula is C19H25F3N2O2. The van der Waals surface area contributed by atoms with Gasteiger partial charge >= 0.3 is 6.36 Å². The van der Waals surface area contributed by atoms with E-state index in [2.05, 4.69) is 36.1 Å². The molecule has 0 spiro atoms. The molecule has 26 heavy (non-hydrogen) atoms. The van der Waals surface area contributed by atoms with E-state index in [-0.39, 0.29) is 24.2 Å². The van der Waals surface area contributed by atoms with Crippen LogP contribution in [0, 0.1) is 23.2 Å². The second-order valence-electron chi connectivity index (χ2n) is 8.06. The average molecular weight is 370 g/mol. The normalized spacial score (nSPS) is 29.5. The van der Waals surface area contributed by atoms with Gasteiger partial charge in [0.15, 0.2) is 0 Å². The van der Waals surface area contributed by atoms with Crippen molar-refractivity contribution in [2.75, 3.05) is 11.9 Å². The van der Waals surface area contributed by atoms with Crippen LogP contribution in [0.3, 0.4) is 0 Å². The molecule has 3 aliphatic rings. The van der Waals surface area contributed by atoms with Crippen molar-refractivity contribution >= 4 is 11.6 Å². The first-order valence-corrected chi connectivity index (χ1v) is 8.95. The molecule has 2 bridgehead atoms. The van der Waals surface area contributed by atoms with Crippen LogP contribution in [0.15, 0.2) is 24.3 Å². The summed E-state index contributed by atoms with van der Waals surface area (Å²) in [6.07, 6.45) is -2.44. The fourth-order valence-corrected chi connectivity index (χ4v) is 4.56. The molecule has 7 heteroatoms. The van der Waals surface area contributed by atoms with E-state index in [0.29, 0.717) is 28.9 Å². The molecule has 0 unspecified atom stereocenters. The zero-order valence-electron chi connectivity index (χ0n) is 15.2. The first kappa shape index (κ1) is 18.9. The predicted octanol–water partition coefficient (Wildman–Crippen LogP) is 4.18. The summed E-state index contributed by atoms with van der Waals surface area (Å²) in [7, 11) is 0. The molecule has 144 valence electrons. The van der Waals surface area contributed by atoms with Crippen molar-refractivity contribution in [2.45, 2.75) is 46.0 Å². The Labute approximate surface area is 151 Å². The molecule has 3 aliphatic carbocycles. The predicted molar refractivity (Wildman–Crippen MR) is 92.7 cm³/mol. The number of halogens is 3. The SMILES string of the molecule is C[C@@H]1[C@H]2C[C@@H](C[C@H]1NC(=O)CNc1ccc(OC(F)(F)F)cc1)C2(C)C. The number of carbonyl (C=O) groups excluding carboxylic acids is 1. The molecule has 4 rings (SSSR count). The number of hydrogen-bond acceptors (Lipinski definition) is 3. The number of alkyl halides is 3. The molecule has 0 radical (unpaired) electrons. The van der Waals surface area contributed by atoms with E-state index in [4.69, 9.17) is 0 Å². The van der Waals surface area contributed by atoms with E-state index in [1.165, 1.54) is 30.7 Å². The molecule has 4 atom stereocenters. The number of amides is 1. The minimum Gasteiger partial charge on any atom is -0.406 e. The van der Waals surface area contributed by atoms with Crippen molar-refractivity contribution in [1.82, 2.24) is 5.32 Å². The molecule has 1 aromatic rings. The van der Waals surface area contributed by atoms with Crippen molar-refractivity contribution in [3.05, 3.63) is 24.3 Å². The monoisotopic (exact) mass is 370 g/mol. The van der Waals surface area contributed by atoms with Gasteiger partial charge in [-0.15, -0.1) is 13.2 Å². The maximum Gasteiger partial charge on any atom is 0.573 e. The van der Waals surface area contributed by atoms with Crippen LogP contribution in [0.4, 0.5) is 18.9 Å². The van der Waals surface area contributed by atoms with Gasteiger partial charge in [-0.25, -0.2) is 0 Å². The first-order valence-electron chi connectivity index (χ1n) is 8.95. The van der Waals surface area contributed by atoms with Crippen molar-refractivity contribution in [2.24, 2.45) is 23.2 Å². The van der Waals surface area contributed by atoms with Crippen LogP contribution in [-0.4, -0.2) is 24.9 Å².